The number of rotatable bonds is 7. The van der Waals surface area contributed by atoms with Crippen molar-refractivity contribution in [2.75, 3.05) is 0 Å². The van der Waals surface area contributed by atoms with Crippen molar-refractivity contribution in [3.63, 3.8) is 0 Å². The van der Waals surface area contributed by atoms with Gasteiger partial charge in [-0.05, 0) is 42.2 Å². The number of amides is 1. The second-order valence-corrected chi connectivity index (χ2v) is 6.41. The van der Waals surface area contributed by atoms with Gasteiger partial charge in [0.2, 0.25) is 0 Å². The predicted molar refractivity (Wildman–Crippen MR) is 104 cm³/mol. The lowest BCUT2D eigenvalue weighted by Crippen LogP contribution is -2.28. The first kappa shape index (κ1) is 19.6. The molecule has 0 aliphatic carbocycles. The number of benzene rings is 2. The molecule has 0 heterocycles. The molecule has 1 atom stereocenters. The fourth-order valence-corrected chi connectivity index (χ4v) is 2.68. The first-order valence-electron chi connectivity index (χ1n) is 8.51. The molecule has 0 aliphatic heterocycles. The highest BCUT2D eigenvalue weighted by molar-refractivity contribution is 6.30. The van der Waals surface area contributed by atoms with Crippen LogP contribution in [0.25, 0.3) is 0 Å². The van der Waals surface area contributed by atoms with Gasteiger partial charge in [0.1, 0.15) is 11.6 Å². The Bertz CT molecular complexity index is 822. The molecule has 2 aromatic rings. The van der Waals surface area contributed by atoms with Crippen molar-refractivity contribution in [2.45, 2.75) is 32.9 Å². The lowest BCUT2D eigenvalue weighted by atomic mass is 10.0. The highest BCUT2D eigenvalue weighted by atomic mass is 35.5. The summed E-state index contributed by atoms with van der Waals surface area (Å²) in [5.74, 6) is -0.404. The highest BCUT2D eigenvalue weighted by Crippen LogP contribution is 2.14. The van der Waals surface area contributed by atoms with E-state index in [1.54, 1.807) is 6.07 Å². The summed E-state index contributed by atoms with van der Waals surface area (Å²) in [5.41, 5.74) is 3.25. The summed E-state index contributed by atoms with van der Waals surface area (Å²) in [6.45, 7) is 4.47. The van der Waals surface area contributed by atoms with E-state index in [1.165, 1.54) is 11.8 Å². The van der Waals surface area contributed by atoms with Crippen molar-refractivity contribution in [3.8, 4) is 6.07 Å². The lowest BCUT2D eigenvalue weighted by Gasteiger charge is -2.14. The molecule has 0 bridgehead atoms. The largest absolute Gasteiger partial charge is 0.386 e. The van der Waals surface area contributed by atoms with Crippen LogP contribution in [-0.2, 0) is 17.8 Å². The third kappa shape index (κ3) is 5.65. The molecule has 0 saturated heterocycles. The van der Waals surface area contributed by atoms with Gasteiger partial charge in [-0.2, -0.15) is 5.26 Å². The summed E-state index contributed by atoms with van der Waals surface area (Å²) >= 11 is 5.94. The van der Waals surface area contributed by atoms with Gasteiger partial charge in [-0.3, -0.25) is 4.79 Å². The smallest absolute Gasteiger partial charge is 0.263 e. The lowest BCUT2D eigenvalue weighted by molar-refractivity contribution is -0.117. The zero-order chi connectivity index (χ0) is 18.9. The fraction of sp³-hybridized carbons (Fsp3) is 0.238. The summed E-state index contributed by atoms with van der Waals surface area (Å²) in [7, 11) is 0. The number of hydrogen-bond donors (Lipinski definition) is 2. The van der Waals surface area contributed by atoms with E-state index >= 15 is 0 Å². The number of carbonyl (C=O) groups is 1. The Kier molecular flexibility index (Phi) is 7.25. The van der Waals surface area contributed by atoms with Gasteiger partial charge in [-0.1, -0.05) is 54.9 Å². The van der Waals surface area contributed by atoms with Crippen molar-refractivity contribution in [3.05, 3.63) is 82.0 Å². The van der Waals surface area contributed by atoms with Crippen LogP contribution in [0.15, 0.2) is 60.3 Å². The Morgan fingerprint density at radius 3 is 2.58 bits per heavy atom. The standard InChI is InChI=1S/C21H22ClN3O/c1-3-16-7-9-18(10-8-16)15(2)25-21(26)19(12-23)14-24-13-17-5-4-6-20(22)11-17/h4-11,14-15,24H,3,13H2,1-2H3,(H,25,26)/b19-14-. The van der Waals surface area contributed by atoms with Crippen molar-refractivity contribution < 1.29 is 4.79 Å². The predicted octanol–water partition coefficient (Wildman–Crippen LogP) is 4.28. The molecule has 26 heavy (non-hydrogen) atoms. The fourth-order valence-electron chi connectivity index (χ4n) is 2.47. The molecule has 1 unspecified atom stereocenters. The molecule has 0 aliphatic rings. The second-order valence-electron chi connectivity index (χ2n) is 5.97. The van der Waals surface area contributed by atoms with Crippen molar-refractivity contribution in [1.29, 1.82) is 5.26 Å². The van der Waals surface area contributed by atoms with Crippen LogP contribution in [-0.4, -0.2) is 5.91 Å². The summed E-state index contributed by atoms with van der Waals surface area (Å²) in [5, 5.41) is 15.7. The molecule has 0 radical (unpaired) electrons. The van der Waals surface area contributed by atoms with Crippen LogP contribution < -0.4 is 10.6 Å². The Hall–Kier alpha value is -2.77. The topological polar surface area (TPSA) is 64.9 Å². The molecular formula is C21H22ClN3O. The van der Waals surface area contributed by atoms with Crippen molar-refractivity contribution in [2.24, 2.45) is 0 Å². The maximum Gasteiger partial charge on any atom is 0.263 e. The highest BCUT2D eigenvalue weighted by Gasteiger charge is 2.13. The van der Waals surface area contributed by atoms with Crippen LogP contribution in [0.4, 0.5) is 0 Å². The van der Waals surface area contributed by atoms with Gasteiger partial charge in [0, 0.05) is 17.8 Å². The molecule has 1 amide bonds. The van der Waals surface area contributed by atoms with E-state index in [2.05, 4.69) is 17.6 Å². The van der Waals surface area contributed by atoms with Crippen LogP contribution in [0.5, 0.6) is 0 Å². The number of nitrogens with zero attached hydrogens (tertiary/aromatic N) is 1. The maximum atomic E-state index is 12.3. The van der Waals surface area contributed by atoms with Gasteiger partial charge in [0.15, 0.2) is 0 Å². The Morgan fingerprint density at radius 1 is 1.23 bits per heavy atom. The van der Waals surface area contributed by atoms with Gasteiger partial charge < -0.3 is 10.6 Å². The van der Waals surface area contributed by atoms with E-state index in [9.17, 15) is 10.1 Å². The molecule has 134 valence electrons. The number of nitriles is 1. The zero-order valence-corrected chi connectivity index (χ0v) is 15.7. The average molecular weight is 368 g/mol. The maximum absolute atomic E-state index is 12.3. The van der Waals surface area contributed by atoms with Crippen LogP contribution in [0.1, 0.15) is 36.6 Å². The number of nitrogens with one attached hydrogen (secondary N) is 2. The molecule has 0 fully saturated rings. The molecule has 5 heteroatoms. The quantitative estimate of drug-likeness (QED) is 0.567. The Balaban J connectivity index is 1.95. The van der Waals surface area contributed by atoms with Gasteiger partial charge >= 0.3 is 0 Å². The van der Waals surface area contributed by atoms with Crippen LogP contribution in [0.2, 0.25) is 5.02 Å². The first-order chi connectivity index (χ1) is 12.5. The van der Waals surface area contributed by atoms with Crippen molar-refractivity contribution >= 4 is 17.5 Å². The Morgan fingerprint density at radius 2 is 1.96 bits per heavy atom. The first-order valence-corrected chi connectivity index (χ1v) is 8.89. The molecule has 2 rings (SSSR count). The summed E-state index contributed by atoms with van der Waals surface area (Å²) < 4.78 is 0. The zero-order valence-electron chi connectivity index (χ0n) is 14.9. The normalized spacial score (nSPS) is 12.2. The van der Waals surface area contributed by atoms with E-state index in [1.807, 2.05) is 55.5 Å². The third-order valence-corrected chi connectivity index (χ3v) is 4.28. The van der Waals surface area contributed by atoms with Gasteiger partial charge in [-0.15, -0.1) is 0 Å². The SMILES string of the molecule is CCc1ccc(C(C)NC(=O)/C(C#N)=C\NCc2cccc(Cl)c2)cc1. The number of carbonyl (C=O) groups excluding carboxylic acids is 1. The van der Waals surface area contributed by atoms with E-state index in [0.717, 1.165) is 17.5 Å². The second kappa shape index (κ2) is 9.65. The van der Waals surface area contributed by atoms with Gasteiger partial charge in [0.05, 0.1) is 6.04 Å². The third-order valence-electron chi connectivity index (χ3n) is 4.04. The molecule has 4 nitrogen and oxygen atoms in total. The van der Waals surface area contributed by atoms with Crippen LogP contribution in [0.3, 0.4) is 0 Å². The van der Waals surface area contributed by atoms with Gasteiger partial charge in [0.25, 0.3) is 5.91 Å². The minimum absolute atomic E-state index is 0.0315. The van der Waals surface area contributed by atoms with Crippen LogP contribution >= 0.6 is 11.6 Å². The monoisotopic (exact) mass is 367 g/mol. The summed E-state index contributed by atoms with van der Waals surface area (Å²) in [6.07, 6.45) is 2.41. The van der Waals surface area contributed by atoms with Gasteiger partial charge in [-0.25, -0.2) is 0 Å². The van der Waals surface area contributed by atoms with Crippen LogP contribution in [0, 0.1) is 11.3 Å². The Labute approximate surface area is 159 Å². The summed E-state index contributed by atoms with van der Waals surface area (Å²) in [4.78, 5) is 12.3. The van der Waals surface area contributed by atoms with E-state index in [0.29, 0.717) is 11.6 Å². The summed E-state index contributed by atoms with van der Waals surface area (Å²) in [6, 6.07) is 17.2. The minimum atomic E-state index is -0.404. The number of hydrogen-bond acceptors (Lipinski definition) is 3. The molecular weight excluding hydrogens is 346 g/mol. The van der Waals surface area contributed by atoms with E-state index < -0.39 is 5.91 Å². The molecule has 0 saturated carbocycles. The number of aryl methyl sites for hydroxylation is 1. The molecule has 0 aromatic heterocycles. The van der Waals surface area contributed by atoms with Crippen molar-refractivity contribution in [1.82, 2.24) is 10.6 Å². The molecule has 0 spiro atoms. The minimum Gasteiger partial charge on any atom is -0.386 e. The molecule has 2 N–H and O–H groups in total. The average Bonchev–Trinajstić information content (AvgIpc) is 2.65. The van der Waals surface area contributed by atoms with E-state index in [4.69, 9.17) is 11.6 Å². The number of halogens is 1. The van der Waals surface area contributed by atoms with E-state index in [-0.39, 0.29) is 11.6 Å². The molecule has 2 aromatic carbocycles.